The van der Waals surface area contributed by atoms with Crippen LogP contribution in [0.25, 0.3) is 10.8 Å². The Labute approximate surface area is 131 Å². The number of phenols is 1. The molecule has 0 atom stereocenters. The highest BCUT2D eigenvalue weighted by molar-refractivity contribution is 5.93. The van der Waals surface area contributed by atoms with E-state index in [0.29, 0.717) is 12.4 Å². The van der Waals surface area contributed by atoms with Gasteiger partial charge in [-0.25, -0.2) is 0 Å². The summed E-state index contributed by atoms with van der Waals surface area (Å²) in [5.41, 5.74) is 2.34. The van der Waals surface area contributed by atoms with Gasteiger partial charge in [0.2, 0.25) is 0 Å². The van der Waals surface area contributed by atoms with Crippen molar-refractivity contribution in [1.82, 2.24) is 0 Å². The predicted octanol–water partition coefficient (Wildman–Crippen LogP) is 4.93. The Hall–Kier alpha value is -2.48. The SMILES string of the molecule is CCCOc1ccc2cccc(Cc3ccccc3)c2c1O. The van der Waals surface area contributed by atoms with E-state index >= 15 is 0 Å². The maximum absolute atomic E-state index is 10.6. The number of rotatable bonds is 5. The lowest BCUT2D eigenvalue weighted by Crippen LogP contribution is -1.96. The van der Waals surface area contributed by atoms with E-state index in [9.17, 15) is 5.11 Å². The number of aromatic hydroxyl groups is 1. The molecule has 0 amide bonds. The highest BCUT2D eigenvalue weighted by Gasteiger charge is 2.11. The molecule has 0 aliphatic heterocycles. The molecule has 3 rings (SSSR count). The minimum atomic E-state index is 0.248. The molecule has 3 aromatic rings. The molecule has 112 valence electrons. The van der Waals surface area contributed by atoms with Crippen LogP contribution >= 0.6 is 0 Å². The third-order valence-electron chi connectivity index (χ3n) is 3.77. The van der Waals surface area contributed by atoms with E-state index in [0.717, 1.165) is 29.2 Å². The summed E-state index contributed by atoms with van der Waals surface area (Å²) in [7, 11) is 0. The van der Waals surface area contributed by atoms with Crippen molar-refractivity contribution in [2.75, 3.05) is 6.61 Å². The molecule has 0 aromatic heterocycles. The van der Waals surface area contributed by atoms with Crippen LogP contribution in [-0.4, -0.2) is 11.7 Å². The van der Waals surface area contributed by atoms with E-state index < -0.39 is 0 Å². The Morgan fingerprint density at radius 2 is 1.73 bits per heavy atom. The van der Waals surface area contributed by atoms with Gasteiger partial charge in [-0.05, 0) is 35.4 Å². The van der Waals surface area contributed by atoms with Crippen molar-refractivity contribution in [3.05, 3.63) is 71.8 Å². The van der Waals surface area contributed by atoms with Crippen LogP contribution < -0.4 is 4.74 Å². The standard InChI is InChI=1S/C20H20O2/c1-2-13-22-18-12-11-16-9-6-10-17(19(16)20(18)21)14-15-7-4-3-5-8-15/h3-12,21H,2,13-14H2,1H3. The predicted molar refractivity (Wildman–Crippen MR) is 90.6 cm³/mol. The smallest absolute Gasteiger partial charge is 0.165 e. The second-order valence-electron chi connectivity index (χ2n) is 5.44. The second kappa shape index (κ2) is 6.52. The molecule has 22 heavy (non-hydrogen) atoms. The topological polar surface area (TPSA) is 29.5 Å². The van der Waals surface area contributed by atoms with E-state index in [2.05, 4.69) is 25.1 Å². The van der Waals surface area contributed by atoms with Crippen LogP contribution in [0.4, 0.5) is 0 Å². The monoisotopic (exact) mass is 292 g/mol. The Bertz CT molecular complexity index is 763. The molecule has 3 aromatic carbocycles. The van der Waals surface area contributed by atoms with Gasteiger partial charge in [0.1, 0.15) is 0 Å². The number of fused-ring (bicyclic) bond motifs is 1. The number of hydrogen-bond acceptors (Lipinski definition) is 2. The molecule has 0 heterocycles. The number of phenolic OH excluding ortho intramolecular Hbond substituents is 1. The van der Waals surface area contributed by atoms with Gasteiger partial charge in [0.25, 0.3) is 0 Å². The molecule has 0 fully saturated rings. The van der Waals surface area contributed by atoms with Gasteiger partial charge < -0.3 is 9.84 Å². The minimum absolute atomic E-state index is 0.248. The molecule has 0 spiro atoms. The highest BCUT2D eigenvalue weighted by atomic mass is 16.5. The molecule has 1 N–H and O–H groups in total. The molecule has 2 nitrogen and oxygen atoms in total. The largest absolute Gasteiger partial charge is 0.504 e. The summed E-state index contributed by atoms with van der Waals surface area (Å²) in [5, 5.41) is 12.5. The van der Waals surface area contributed by atoms with Gasteiger partial charge in [-0.1, -0.05) is 61.5 Å². The van der Waals surface area contributed by atoms with E-state index in [-0.39, 0.29) is 5.75 Å². The van der Waals surface area contributed by atoms with Gasteiger partial charge >= 0.3 is 0 Å². The maximum atomic E-state index is 10.6. The highest BCUT2D eigenvalue weighted by Crippen LogP contribution is 2.37. The van der Waals surface area contributed by atoms with Gasteiger partial charge in [-0.15, -0.1) is 0 Å². The van der Waals surface area contributed by atoms with Crippen LogP contribution in [0, 0.1) is 0 Å². The lowest BCUT2D eigenvalue weighted by atomic mass is 9.97. The quantitative estimate of drug-likeness (QED) is 0.723. The molecule has 0 saturated carbocycles. The molecule has 0 unspecified atom stereocenters. The maximum Gasteiger partial charge on any atom is 0.165 e. The van der Waals surface area contributed by atoms with Gasteiger partial charge in [-0.3, -0.25) is 0 Å². The number of benzene rings is 3. The second-order valence-corrected chi connectivity index (χ2v) is 5.44. The van der Waals surface area contributed by atoms with Gasteiger partial charge in [-0.2, -0.15) is 0 Å². The normalized spacial score (nSPS) is 10.8. The molecular formula is C20H20O2. The Morgan fingerprint density at radius 1 is 0.909 bits per heavy atom. The number of hydrogen-bond donors (Lipinski definition) is 1. The first kappa shape index (κ1) is 14.5. The molecule has 2 heteroatoms. The minimum Gasteiger partial charge on any atom is -0.504 e. The summed E-state index contributed by atoms with van der Waals surface area (Å²) >= 11 is 0. The summed E-state index contributed by atoms with van der Waals surface area (Å²) < 4.78 is 5.65. The third kappa shape index (κ3) is 2.91. The molecule has 0 aliphatic carbocycles. The van der Waals surface area contributed by atoms with Crippen LogP contribution in [0.1, 0.15) is 24.5 Å². The van der Waals surface area contributed by atoms with E-state index in [1.54, 1.807) is 0 Å². The first-order valence-corrected chi connectivity index (χ1v) is 7.70. The van der Waals surface area contributed by atoms with Crippen molar-refractivity contribution in [3.8, 4) is 11.5 Å². The van der Waals surface area contributed by atoms with E-state index in [4.69, 9.17) is 4.74 Å². The van der Waals surface area contributed by atoms with Crippen molar-refractivity contribution in [2.24, 2.45) is 0 Å². The number of ether oxygens (including phenoxy) is 1. The van der Waals surface area contributed by atoms with Gasteiger partial charge in [0.15, 0.2) is 11.5 Å². The first-order valence-electron chi connectivity index (χ1n) is 7.70. The Kier molecular flexibility index (Phi) is 4.29. The van der Waals surface area contributed by atoms with E-state index in [1.165, 1.54) is 5.56 Å². The summed E-state index contributed by atoms with van der Waals surface area (Å²) in [6, 6.07) is 20.3. The van der Waals surface area contributed by atoms with E-state index in [1.807, 2.05) is 42.5 Å². The van der Waals surface area contributed by atoms with Crippen molar-refractivity contribution in [2.45, 2.75) is 19.8 Å². The summed E-state index contributed by atoms with van der Waals surface area (Å²) in [6.07, 6.45) is 1.71. The molecule has 0 saturated heterocycles. The van der Waals surface area contributed by atoms with Crippen molar-refractivity contribution in [1.29, 1.82) is 0 Å². The summed E-state index contributed by atoms with van der Waals surface area (Å²) in [4.78, 5) is 0. The zero-order chi connectivity index (χ0) is 15.4. The zero-order valence-corrected chi connectivity index (χ0v) is 12.8. The fraction of sp³-hybridized carbons (Fsp3) is 0.200. The lowest BCUT2D eigenvalue weighted by molar-refractivity contribution is 0.301. The molecular weight excluding hydrogens is 272 g/mol. The van der Waals surface area contributed by atoms with Crippen molar-refractivity contribution < 1.29 is 9.84 Å². The lowest BCUT2D eigenvalue weighted by Gasteiger charge is -2.13. The molecule has 0 bridgehead atoms. The van der Waals surface area contributed by atoms with Crippen LogP contribution in [0.2, 0.25) is 0 Å². The van der Waals surface area contributed by atoms with Crippen LogP contribution in [0.3, 0.4) is 0 Å². The Morgan fingerprint density at radius 3 is 2.50 bits per heavy atom. The fourth-order valence-electron chi connectivity index (χ4n) is 2.71. The zero-order valence-electron chi connectivity index (χ0n) is 12.8. The first-order chi connectivity index (χ1) is 10.8. The van der Waals surface area contributed by atoms with Crippen LogP contribution in [0.15, 0.2) is 60.7 Å². The van der Waals surface area contributed by atoms with Crippen molar-refractivity contribution in [3.63, 3.8) is 0 Å². The van der Waals surface area contributed by atoms with Gasteiger partial charge in [0, 0.05) is 5.39 Å². The van der Waals surface area contributed by atoms with Crippen LogP contribution in [-0.2, 0) is 6.42 Å². The van der Waals surface area contributed by atoms with Crippen molar-refractivity contribution >= 4 is 10.8 Å². The molecule has 0 aliphatic rings. The molecule has 0 radical (unpaired) electrons. The van der Waals surface area contributed by atoms with Gasteiger partial charge in [0.05, 0.1) is 6.61 Å². The third-order valence-corrected chi connectivity index (χ3v) is 3.77. The fourth-order valence-corrected chi connectivity index (χ4v) is 2.71. The summed E-state index contributed by atoms with van der Waals surface area (Å²) in [5.74, 6) is 0.812. The Balaban J connectivity index is 2.06. The van der Waals surface area contributed by atoms with Crippen LogP contribution in [0.5, 0.6) is 11.5 Å². The average Bonchev–Trinajstić information content (AvgIpc) is 2.55. The average molecular weight is 292 g/mol. The summed E-state index contributed by atoms with van der Waals surface area (Å²) in [6.45, 7) is 2.67.